The normalized spacial score (nSPS) is 13.1. The monoisotopic (exact) mass is 212 g/mol. The molecule has 1 atom stereocenters. The van der Waals surface area contributed by atoms with Crippen molar-refractivity contribution in [3.8, 4) is 0 Å². The van der Waals surface area contributed by atoms with Crippen molar-refractivity contribution in [2.24, 2.45) is 13.0 Å². The lowest BCUT2D eigenvalue weighted by Gasteiger charge is -2.11. The molecule has 3 heteroatoms. The number of hydrogen-bond acceptors (Lipinski definition) is 2. The molecule has 0 saturated heterocycles. The summed E-state index contributed by atoms with van der Waals surface area (Å²) in [7, 11) is 2.09. The highest BCUT2D eigenvalue weighted by atomic mass is 32.2. The number of nitrogens with zero attached hydrogens (tertiary/aromatic N) is 1. The fraction of sp³-hybridized carbons (Fsp3) is 0.636. The first-order valence-electron chi connectivity index (χ1n) is 5.04. The maximum Gasteiger partial charge on any atom is 0.0359 e. The zero-order valence-corrected chi connectivity index (χ0v) is 10.1. The molecule has 0 saturated carbocycles. The van der Waals surface area contributed by atoms with Crippen LogP contribution < -0.4 is 5.32 Å². The summed E-state index contributed by atoms with van der Waals surface area (Å²) in [6, 6.07) is 4.24. The van der Waals surface area contributed by atoms with Gasteiger partial charge in [0.2, 0.25) is 0 Å². The van der Waals surface area contributed by atoms with Crippen LogP contribution in [0.5, 0.6) is 0 Å². The predicted octanol–water partition coefficient (Wildman–Crippen LogP) is 2.11. The maximum atomic E-state index is 3.48. The van der Waals surface area contributed by atoms with Crippen LogP contribution in [0.25, 0.3) is 0 Å². The van der Waals surface area contributed by atoms with Gasteiger partial charge in [0.25, 0.3) is 0 Å². The van der Waals surface area contributed by atoms with Crippen LogP contribution in [0, 0.1) is 5.92 Å². The standard InChI is InChI=1S/C11H20N2S/c1-10(9-14-3)7-12-8-11-5-4-6-13(11)2/h4-6,10,12H,7-9H2,1-3H3. The summed E-state index contributed by atoms with van der Waals surface area (Å²) in [4.78, 5) is 0. The molecule has 80 valence electrons. The van der Waals surface area contributed by atoms with Crippen molar-refractivity contribution in [3.63, 3.8) is 0 Å². The first-order valence-corrected chi connectivity index (χ1v) is 6.43. The fourth-order valence-corrected chi connectivity index (χ4v) is 2.16. The van der Waals surface area contributed by atoms with Crippen LogP contribution in [0.15, 0.2) is 18.3 Å². The summed E-state index contributed by atoms with van der Waals surface area (Å²) in [5.74, 6) is 1.99. The van der Waals surface area contributed by atoms with E-state index < -0.39 is 0 Å². The molecule has 0 aliphatic heterocycles. The quantitative estimate of drug-likeness (QED) is 0.778. The fourth-order valence-electron chi connectivity index (χ4n) is 1.47. The van der Waals surface area contributed by atoms with Crippen LogP contribution in [0.2, 0.25) is 0 Å². The molecule has 1 rings (SSSR count). The van der Waals surface area contributed by atoms with Crippen molar-refractivity contribution in [2.45, 2.75) is 13.5 Å². The van der Waals surface area contributed by atoms with Crippen molar-refractivity contribution < 1.29 is 0 Å². The molecule has 1 unspecified atom stereocenters. The average molecular weight is 212 g/mol. The van der Waals surface area contributed by atoms with E-state index in [0.29, 0.717) is 0 Å². The van der Waals surface area contributed by atoms with Gasteiger partial charge in [-0.2, -0.15) is 11.8 Å². The molecule has 0 aliphatic rings. The van der Waals surface area contributed by atoms with Crippen LogP contribution in [0.4, 0.5) is 0 Å². The van der Waals surface area contributed by atoms with Crippen LogP contribution in [-0.2, 0) is 13.6 Å². The highest BCUT2D eigenvalue weighted by Crippen LogP contribution is 2.03. The molecule has 0 spiro atoms. The molecule has 14 heavy (non-hydrogen) atoms. The molecule has 0 bridgehead atoms. The Kier molecular flexibility index (Phi) is 5.12. The lowest BCUT2D eigenvalue weighted by molar-refractivity contribution is 0.548. The van der Waals surface area contributed by atoms with E-state index in [4.69, 9.17) is 0 Å². The summed E-state index contributed by atoms with van der Waals surface area (Å²) in [6.07, 6.45) is 4.25. The van der Waals surface area contributed by atoms with Gasteiger partial charge in [-0.25, -0.2) is 0 Å². The van der Waals surface area contributed by atoms with Crippen LogP contribution in [0.1, 0.15) is 12.6 Å². The molecule has 0 aliphatic carbocycles. The van der Waals surface area contributed by atoms with E-state index >= 15 is 0 Å². The zero-order chi connectivity index (χ0) is 10.4. The summed E-state index contributed by atoms with van der Waals surface area (Å²) >= 11 is 1.92. The summed E-state index contributed by atoms with van der Waals surface area (Å²) in [5.41, 5.74) is 1.35. The first kappa shape index (κ1) is 11.7. The lowest BCUT2D eigenvalue weighted by atomic mass is 10.2. The van der Waals surface area contributed by atoms with Crippen molar-refractivity contribution in [2.75, 3.05) is 18.6 Å². The van der Waals surface area contributed by atoms with E-state index in [2.05, 4.69) is 48.4 Å². The second-order valence-corrected chi connectivity index (χ2v) is 4.71. The summed E-state index contributed by atoms with van der Waals surface area (Å²) in [5, 5.41) is 3.48. The van der Waals surface area contributed by atoms with E-state index in [1.54, 1.807) is 0 Å². The van der Waals surface area contributed by atoms with E-state index in [-0.39, 0.29) is 0 Å². The molecule has 1 aromatic rings. The van der Waals surface area contributed by atoms with E-state index in [9.17, 15) is 0 Å². The number of thioether (sulfide) groups is 1. The van der Waals surface area contributed by atoms with Crippen molar-refractivity contribution in [1.29, 1.82) is 0 Å². The number of hydrogen-bond donors (Lipinski definition) is 1. The second kappa shape index (κ2) is 6.14. The van der Waals surface area contributed by atoms with Crippen LogP contribution >= 0.6 is 11.8 Å². The lowest BCUT2D eigenvalue weighted by Crippen LogP contribution is -2.22. The number of nitrogens with one attached hydrogen (secondary N) is 1. The van der Waals surface area contributed by atoms with E-state index in [1.807, 2.05) is 11.8 Å². The zero-order valence-electron chi connectivity index (χ0n) is 9.29. The van der Waals surface area contributed by atoms with E-state index in [0.717, 1.165) is 19.0 Å². The topological polar surface area (TPSA) is 17.0 Å². The Morgan fingerprint density at radius 3 is 2.93 bits per heavy atom. The Bertz CT molecular complexity index is 258. The van der Waals surface area contributed by atoms with Crippen molar-refractivity contribution in [1.82, 2.24) is 9.88 Å². The largest absolute Gasteiger partial charge is 0.353 e. The minimum absolute atomic E-state index is 0.755. The van der Waals surface area contributed by atoms with Gasteiger partial charge in [-0.15, -0.1) is 0 Å². The molecule has 1 N–H and O–H groups in total. The molecule has 0 aromatic carbocycles. The Morgan fingerprint density at radius 1 is 1.57 bits per heavy atom. The highest BCUT2D eigenvalue weighted by Gasteiger charge is 2.01. The third-order valence-electron chi connectivity index (χ3n) is 2.30. The SMILES string of the molecule is CSCC(C)CNCc1cccn1C. The van der Waals surface area contributed by atoms with Gasteiger partial charge in [0.15, 0.2) is 0 Å². The second-order valence-electron chi connectivity index (χ2n) is 3.80. The van der Waals surface area contributed by atoms with Gasteiger partial charge in [-0.1, -0.05) is 6.92 Å². The first-order chi connectivity index (χ1) is 6.74. The molecule has 0 radical (unpaired) electrons. The van der Waals surface area contributed by atoms with Crippen LogP contribution in [-0.4, -0.2) is 23.1 Å². The Balaban J connectivity index is 2.19. The van der Waals surface area contributed by atoms with Gasteiger partial charge < -0.3 is 9.88 Å². The molecular formula is C11H20N2S. The van der Waals surface area contributed by atoms with Gasteiger partial charge in [0, 0.05) is 25.5 Å². The van der Waals surface area contributed by atoms with E-state index in [1.165, 1.54) is 11.4 Å². The smallest absolute Gasteiger partial charge is 0.0359 e. The molecule has 0 amide bonds. The third kappa shape index (κ3) is 3.76. The minimum atomic E-state index is 0.755. The Morgan fingerprint density at radius 2 is 2.36 bits per heavy atom. The van der Waals surface area contributed by atoms with Crippen LogP contribution in [0.3, 0.4) is 0 Å². The molecular weight excluding hydrogens is 192 g/mol. The average Bonchev–Trinajstić information content (AvgIpc) is 2.52. The molecule has 1 aromatic heterocycles. The molecule has 1 heterocycles. The van der Waals surface area contributed by atoms with Gasteiger partial charge in [-0.05, 0) is 36.6 Å². The predicted molar refractivity (Wildman–Crippen MR) is 64.7 cm³/mol. The summed E-state index contributed by atoms with van der Waals surface area (Å²) in [6.45, 7) is 4.36. The maximum absolute atomic E-state index is 3.48. The van der Waals surface area contributed by atoms with Gasteiger partial charge in [0.1, 0.15) is 0 Å². The van der Waals surface area contributed by atoms with Gasteiger partial charge in [-0.3, -0.25) is 0 Å². The van der Waals surface area contributed by atoms with Gasteiger partial charge in [0.05, 0.1) is 0 Å². The molecule has 2 nitrogen and oxygen atoms in total. The minimum Gasteiger partial charge on any atom is -0.353 e. The number of aromatic nitrogens is 1. The van der Waals surface area contributed by atoms with Gasteiger partial charge >= 0.3 is 0 Å². The highest BCUT2D eigenvalue weighted by molar-refractivity contribution is 7.98. The van der Waals surface area contributed by atoms with Crippen molar-refractivity contribution in [3.05, 3.63) is 24.0 Å². The van der Waals surface area contributed by atoms with Crippen molar-refractivity contribution >= 4 is 11.8 Å². The number of aryl methyl sites for hydroxylation is 1. The third-order valence-corrected chi connectivity index (χ3v) is 3.20. The summed E-state index contributed by atoms with van der Waals surface area (Å²) < 4.78 is 2.16. The molecule has 0 fully saturated rings. The Hall–Kier alpha value is -0.410. The number of rotatable bonds is 6. The Labute approximate surface area is 91.1 Å².